The Hall–Kier alpha value is -1.51. The molecule has 20 heavy (non-hydrogen) atoms. The third kappa shape index (κ3) is 3.53. The van der Waals surface area contributed by atoms with E-state index in [4.69, 9.17) is 10.00 Å². The Labute approximate surface area is 134 Å². The molecular formula is C15H12Br2N2O. The minimum Gasteiger partial charge on any atom is -0.497 e. The van der Waals surface area contributed by atoms with E-state index in [9.17, 15) is 0 Å². The van der Waals surface area contributed by atoms with Crippen LogP contribution in [0.3, 0.4) is 0 Å². The number of hydrogen-bond acceptors (Lipinski definition) is 3. The highest BCUT2D eigenvalue weighted by molar-refractivity contribution is 9.10. The van der Waals surface area contributed by atoms with Gasteiger partial charge in [-0.15, -0.1) is 0 Å². The largest absolute Gasteiger partial charge is 0.497 e. The Morgan fingerprint density at radius 3 is 2.70 bits per heavy atom. The number of ether oxygens (including phenoxy) is 1. The molecule has 3 nitrogen and oxygen atoms in total. The van der Waals surface area contributed by atoms with Gasteiger partial charge in [-0.3, -0.25) is 0 Å². The van der Waals surface area contributed by atoms with Gasteiger partial charge in [0, 0.05) is 15.5 Å². The van der Waals surface area contributed by atoms with Crippen LogP contribution in [-0.2, 0) is 6.54 Å². The predicted molar refractivity (Wildman–Crippen MR) is 86.9 cm³/mol. The fourth-order valence-electron chi connectivity index (χ4n) is 1.76. The summed E-state index contributed by atoms with van der Waals surface area (Å²) in [5, 5.41) is 12.4. The lowest BCUT2D eigenvalue weighted by Gasteiger charge is -2.11. The van der Waals surface area contributed by atoms with Gasteiger partial charge in [-0.05, 0) is 42.0 Å². The molecule has 0 bridgehead atoms. The molecule has 0 radical (unpaired) electrons. The fourth-order valence-corrected chi connectivity index (χ4v) is 2.51. The van der Waals surface area contributed by atoms with E-state index < -0.39 is 0 Å². The quantitative estimate of drug-likeness (QED) is 0.815. The van der Waals surface area contributed by atoms with Crippen LogP contribution in [0.15, 0.2) is 45.3 Å². The summed E-state index contributed by atoms with van der Waals surface area (Å²) in [6.45, 7) is 0.600. The van der Waals surface area contributed by atoms with Gasteiger partial charge in [-0.25, -0.2) is 0 Å². The first kappa shape index (κ1) is 14.9. The maximum Gasteiger partial charge on any atom is 0.119 e. The number of nitrogens with zero attached hydrogens (tertiary/aromatic N) is 1. The Bertz CT molecular complexity index is 665. The number of rotatable bonds is 4. The second-order valence-electron chi connectivity index (χ2n) is 4.11. The molecule has 0 aliphatic carbocycles. The van der Waals surface area contributed by atoms with Gasteiger partial charge in [-0.1, -0.05) is 31.9 Å². The van der Waals surface area contributed by atoms with Crippen molar-refractivity contribution < 1.29 is 4.74 Å². The van der Waals surface area contributed by atoms with Crippen LogP contribution in [0.5, 0.6) is 5.75 Å². The molecule has 0 heterocycles. The normalized spacial score (nSPS) is 9.90. The van der Waals surface area contributed by atoms with Crippen LogP contribution < -0.4 is 10.1 Å². The van der Waals surface area contributed by atoms with Crippen molar-refractivity contribution in [1.29, 1.82) is 5.26 Å². The summed E-state index contributed by atoms with van der Waals surface area (Å²) < 4.78 is 7.15. The van der Waals surface area contributed by atoms with E-state index in [0.717, 1.165) is 25.9 Å². The van der Waals surface area contributed by atoms with Crippen molar-refractivity contribution >= 4 is 37.5 Å². The third-order valence-electron chi connectivity index (χ3n) is 2.82. The maximum atomic E-state index is 9.11. The summed E-state index contributed by atoms with van der Waals surface area (Å²) in [6, 6.07) is 13.5. The van der Waals surface area contributed by atoms with Crippen LogP contribution >= 0.6 is 31.9 Å². The summed E-state index contributed by atoms with van der Waals surface area (Å²) >= 11 is 6.92. The highest BCUT2D eigenvalue weighted by atomic mass is 79.9. The molecule has 1 N–H and O–H groups in total. The number of anilines is 1. The molecule has 2 aromatic carbocycles. The molecular weight excluding hydrogens is 384 g/mol. The lowest BCUT2D eigenvalue weighted by Crippen LogP contribution is -2.02. The highest BCUT2D eigenvalue weighted by Gasteiger charge is 2.05. The minimum absolute atomic E-state index is 0.600. The number of hydrogen-bond donors (Lipinski definition) is 1. The van der Waals surface area contributed by atoms with Gasteiger partial charge in [-0.2, -0.15) is 5.26 Å². The van der Waals surface area contributed by atoms with Gasteiger partial charge >= 0.3 is 0 Å². The molecule has 0 aliphatic heterocycles. The average Bonchev–Trinajstić information content (AvgIpc) is 2.46. The molecule has 0 atom stereocenters. The third-order valence-corrected chi connectivity index (χ3v) is 4.09. The van der Waals surface area contributed by atoms with Crippen molar-refractivity contribution in [2.75, 3.05) is 12.4 Å². The molecule has 2 rings (SSSR count). The maximum absolute atomic E-state index is 9.11. The van der Waals surface area contributed by atoms with E-state index in [1.165, 1.54) is 0 Å². The smallest absolute Gasteiger partial charge is 0.119 e. The molecule has 0 saturated carbocycles. The highest BCUT2D eigenvalue weighted by Crippen LogP contribution is 2.25. The van der Waals surface area contributed by atoms with Crippen LogP contribution in [0.4, 0.5) is 5.69 Å². The number of benzene rings is 2. The zero-order chi connectivity index (χ0) is 14.5. The Morgan fingerprint density at radius 2 is 2.00 bits per heavy atom. The lowest BCUT2D eigenvalue weighted by atomic mass is 10.1. The van der Waals surface area contributed by atoms with Gasteiger partial charge in [0.2, 0.25) is 0 Å². The Morgan fingerprint density at radius 1 is 1.20 bits per heavy atom. The van der Waals surface area contributed by atoms with Crippen molar-refractivity contribution in [2.45, 2.75) is 6.54 Å². The molecule has 0 aliphatic rings. The molecule has 0 fully saturated rings. The van der Waals surface area contributed by atoms with E-state index >= 15 is 0 Å². The fraction of sp³-hybridized carbons (Fsp3) is 0.133. The number of methoxy groups -OCH3 is 1. The summed E-state index contributed by atoms with van der Waals surface area (Å²) in [6.07, 6.45) is 0. The van der Waals surface area contributed by atoms with Gasteiger partial charge in [0.15, 0.2) is 0 Å². The van der Waals surface area contributed by atoms with Crippen molar-refractivity contribution in [3.8, 4) is 11.8 Å². The average molecular weight is 396 g/mol. The molecule has 0 amide bonds. The first-order valence-corrected chi connectivity index (χ1v) is 7.48. The standard InChI is InChI=1S/C15H12Br2N2O/c1-20-13-4-5-14(17)11(6-13)9-19-15-7-12(16)3-2-10(15)8-18/h2-7,19H,9H2,1H3. The molecule has 0 unspecified atom stereocenters. The van der Waals surface area contributed by atoms with Gasteiger partial charge in [0.05, 0.1) is 18.4 Å². The zero-order valence-corrected chi connectivity index (χ0v) is 14.0. The number of halogens is 2. The van der Waals surface area contributed by atoms with Crippen LogP contribution in [0.2, 0.25) is 0 Å². The monoisotopic (exact) mass is 394 g/mol. The van der Waals surface area contributed by atoms with E-state index in [2.05, 4.69) is 43.2 Å². The number of nitriles is 1. The Kier molecular flexibility index (Phi) is 5.05. The second kappa shape index (κ2) is 6.78. The van der Waals surface area contributed by atoms with Crippen LogP contribution in [0, 0.1) is 11.3 Å². The van der Waals surface area contributed by atoms with Gasteiger partial charge in [0.25, 0.3) is 0 Å². The van der Waals surface area contributed by atoms with E-state index in [1.54, 1.807) is 13.2 Å². The number of nitrogens with one attached hydrogen (secondary N) is 1. The van der Waals surface area contributed by atoms with Crippen molar-refractivity contribution in [3.63, 3.8) is 0 Å². The summed E-state index contributed by atoms with van der Waals surface area (Å²) in [7, 11) is 1.64. The van der Waals surface area contributed by atoms with Gasteiger partial charge in [0.1, 0.15) is 11.8 Å². The first-order chi connectivity index (χ1) is 9.63. The van der Waals surface area contributed by atoms with Gasteiger partial charge < -0.3 is 10.1 Å². The summed E-state index contributed by atoms with van der Waals surface area (Å²) in [5.41, 5.74) is 2.48. The zero-order valence-electron chi connectivity index (χ0n) is 10.8. The van der Waals surface area contributed by atoms with Crippen LogP contribution in [0.1, 0.15) is 11.1 Å². The van der Waals surface area contributed by atoms with Crippen molar-refractivity contribution in [2.24, 2.45) is 0 Å². The van der Waals surface area contributed by atoms with Crippen molar-refractivity contribution in [3.05, 3.63) is 56.5 Å². The van der Waals surface area contributed by atoms with Crippen LogP contribution in [0.25, 0.3) is 0 Å². The molecule has 5 heteroatoms. The Balaban J connectivity index is 2.21. The summed E-state index contributed by atoms with van der Waals surface area (Å²) in [4.78, 5) is 0. The molecule has 0 aromatic heterocycles. The van der Waals surface area contributed by atoms with E-state index in [0.29, 0.717) is 12.1 Å². The lowest BCUT2D eigenvalue weighted by molar-refractivity contribution is 0.414. The summed E-state index contributed by atoms with van der Waals surface area (Å²) in [5.74, 6) is 0.805. The molecule has 102 valence electrons. The predicted octanol–water partition coefficient (Wildman–Crippen LogP) is 4.70. The molecule has 2 aromatic rings. The molecule has 0 spiro atoms. The van der Waals surface area contributed by atoms with Crippen molar-refractivity contribution in [1.82, 2.24) is 0 Å². The minimum atomic E-state index is 0.600. The topological polar surface area (TPSA) is 45.0 Å². The van der Waals surface area contributed by atoms with E-state index in [-0.39, 0.29) is 0 Å². The van der Waals surface area contributed by atoms with Crippen LogP contribution in [-0.4, -0.2) is 7.11 Å². The first-order valence-electron chi connectivity index (χ1n) is 5.90. The second-order valence-corrected chi connectivity index (χ2v) is 5.88. The SMILES string of the molecule is COc1ccc(Br)c(CNc2cc(Br)ccc2C#N)c1. The molecule has 0 saturated heterocycles. The van der Waals surface area contributed by atoms with E-state index in [1.807, 2.05) is 30.3 Å².